The van der Waals surface area contributed by atoms with Gasteiger partial charge in [0.05, 0.1) is 17.4 Å². The second-order valence-electron chi connectivity index (χ2n) is 8.17. The molecule has 2 bridgehead atoms. The number of imide groups is 1. The molecule has 1 saturated heterocycles. The Bertz CT molecular complexity index is 1030. The Morgan fingerprint density at radius 1 is 1.10 bits per heavy atom. The zero-order chi connectivity index (χ0) is 20.7. The SMILES string of the molecule is CN=C(NCCN1C(=O)C2C3C=CC(C3)C2C1=O)NCc1ccnc2ccccc12. The second-order valence-corrected chi connectivity index (χ2v) is 8.17. The molecule has 154 valence electrons. The molecule has 4 unspecified atom stereocenters. The molecule has 7 nitrogen and oxygen atoms in total. The van der Waals surface area contributed by atoms with Gasteiger partial charge in [-0.15, -0.1) is 0 Å². The Kier molecular flexibility index (Phi) is 4.73. The van der Waals surface area contributed by atoms with E-state index in [2.05, 4.69) is 38.8 Å². The number of allylic oxidation sites excluding steroid dienone is 2. The van der Waals surface area contributed by atoms with Crippen molar-refractivity contribution in [2.45, 2.75) is 13.0 Å². The molecule has 1 aromatic heterocycles. The molecule has 1 saturated carbocycles. The standard InChI is InChI=1S/C23H25N5O2/c1-24-23(27-13-16-8-9-25-18-5-3-2-4-17(16)18)26-10-11-28-21(29)19-14-6-7-15(12-14)20(19)22(28)30/h2-9,14-15,19-20H,10-13H2,1H3,(H2,24,26,27). The summed E-state index contributed by atoms with van der Waals surface area (Å²) in [7, 11) is 1.71. The molecule has 2 amide bonds. The minimum atomic E-state index is -0.134. The van der Waals surface area contributed by atoms with Crippen molar-refractivity contribution in [1.82, 2.24) is 20.5 Å². The third-order valence-corrected chi connectivity index (χ3v) is 6.60. The summed E-state index contributed by atoms with van der Waals surface area (Å²) in [6.45, 7) is 1.43. The molecule has 2 N–H and O–H groups in total. The molecule has 2 fully saturated rings. The molecular weight excluding hydrogens is 378 g/mol. The van der Waals surface area contributed by atoms with Crippen molar-refractivity contribution in [2.75, 3.05) is 20.1 Å². The van der Waals surface area contributed by atoms with Crippen molar-refractivity contribution < 1.29 is 9.59 Å². The average Bonchev–Trinajstić information content (AvgIpc) is 3.45. The minimum Gasteiger partial charge on any atom is -0.355 e. The van der Waals surface area contributed by atoms with E-state index >= 15 is 0 Å². The van der Waals surface area contributed by atoms with Gasteiger partial charge in [0.25, 0.3) is 0 Å². The highest BCUT2D eigenvalue weighted by Crippen LogP contribution is 2.52. The van der Waals surface area contributed by atoms with E-state index in [0.717, 1.165) is 22.9 Å². The van der Waals surface area contributed by atoms with Crippen LogP contribution < -0.4 is 10.6 Å². The maximum Gasteiger partial charge on any atom is 0.233 e. The molecular formula is C23H25N5O2. The van der Waals surface area contributed by atoms with Crippen LogP contribution in [-0.4, -0.2) is 47.8 Å². The van der Waals surface area contributed by atoms with Crippen LogP contribution in [0, 0.1) is 23.7 Å². The van der Waals surface area contributed by atoms with Gasteiger partial charge < -0.3 is 10.6 Å². The van der Waals surface area contributed by atoms with E-state index in [9.17, 15) is 9.59 Å². The van der Waals surface area contributed by atoms with E-state index in [1.165, 1.54) is 4.90 Å². The van der Waals surface area contributed by atoms with Crippen molar-refractivity contribution in [3.05, 3.63) is 54.2 Å². The highest BCUT2D eigenvalue weighted by atomic mass is 16.2. The van der Waals surface area contributed by atoms with E-state index in [1.54, 1.807) is 13.2 Å². The van der Waals surface area contributed by atoms with E-state index in [4.69, 9.17) is 0 Å². The highest BCUT2D eigenvalue weighted by molar-refractivity contribution is 6.06. The van der Waals surface area contributed by atoms with Crippen LogP contribution in [0.15, 0.2) is 53.7 Å². The number of carbonyl (C=O) groups is 2. The molecule has 2 heterocycles. The number of pyridine rings is 1. The van der Waals surface area contributed by atoms with E-state index in [1.807, 2.05) is 24.3 Å². The lowest BCUT2D eigenvalue weighted by Gasteiger charge is -2.19. The van der Waals surface area contributed by atoms with Crippen molar-refractivity contribution >= 4 is 28.7 Å². The molecule has 7 heteroatoms. The molecule has 5 rings (SSSR count). The van der Waals surface area contributed by atoms with E-state index in [-0.39, 0.29) is 35.5 Å². The number of hydrogen-bond donors (Lipinski definition) is 2. The molecule has 1 aromatic carbocycles. The van der Waals surface area contributed by atoms with E-state index in [0.29, 0.717) is 25.6 Å². The lowest BCUT2D eigenvalue weighted by Crippen LogP contribution is -2.43. The molecule has 30 heavy (non-hydrogen) atoms. The van der Waals surface area contributed by atoms with Gasteiger partial charge in [0, 0.05) is 38.3 Å². The van der Waals surface area contributed by atoms with Crippen LogP contribution in [0.1, 0.15) is 12.0 Å². The van der Waals surface area contributed by atoms with Gasteiger partial charge in [-0.05, 0) is 36.0 Å². The Morgan fingerprint density at radius 2 is 1.83 bits per heavy atom. The first-order chi connectivity index (χ1) is 14.7. The molecule has 1 aliphatic heterocycles. The van der Waals surface area contributed by atoms with Gasteiger partial charge in [0.1, 0.15) is 0 Å². The third-order valence-electron chi connectivity index (χ3n) is 6.60. The number of benzene rings is 1. The Labute approximate surface area is 175 Å². The monoisotopic (exact) mass is 403 g/mol. The van der Waals surface area contributed by atoms with Crippen LogP contribution in [0.5, 0.6) is 0 Å². The normalized spacial score (nSPS) is 27.2. The fraction of sp³-hybridized carbons (Fsp3) is 0.391. The number of nitrogens with one attached hydrogen (secondary N) is 2. The summed E-state index contributed by atoms with van der Waals surface area (Å²) >= 11 is 0. The highest BCUT2D eigenvalue weighted by Gasteiger charge is 2.58. The molecule has 2 aromatic rings. The first-order valence-electron chi connectivity index (χ1n) is 10.5. The molecule has 0 spiro atoms. The van der Waals surface area contributed by atoms with Crippen LogP contribution in [0.2, 0.25) is 0 Å². The fourth-order valence-corrected chi connectivity index (χ4v) is 5.18. The van der Waals surface area contributed by atoms with Crippen molar-refractivity contribution in [1.29, 1.82) is 0 Å². The Balaban J connectivity index is 1.16. The van der Waals surface area contributed by atoms with Gasteiger partial charge in [-0.1, -0.05) is 30.4 Å². The van der Waals surface area contributed by atoms with Crippen molar-refractivity contribution in [3.8, 4) is 0 Å². The number of aromatic nitrogens is 1. The number of aliphatic imine (C=N–C) groups is 1. The summed E-state index contributed by atoms with van der Waals surface area (Å²) in [4.78, 5) is 35.6. The quantitative estimate of drug-likeness (QED) is 0.344. The number of carbonyl (C=O) groups excluding carboxylic acids is 2. The zero-order valence-electron chi connectivity index (χ0n) is 16.9. The number of hydrogen-bond acceptors (Lipinski definition) is 4. The van der Waals surface area contributed by atoms with Gasteiger partial charge in [0.2, 0.25) is 11.8 Å². The predicted octanol–water partition coefficient (Wildman–Crippen LogP) is 1.71. The maximum absolute atomic E-state index is 12.8. The van der Waals surface area contributed by atoms with Crippen LogP contribution in [0.25, 0.3) is 10.9 Å². The number of rotatable bonds is 5. The third kappa shape index (κ3) is 3.05. The second kappa shape index (κ2) is 7.55. The Morgan fingerprint density at radius 3 is 2.57 bits per heavy atom. The Hall–Kier alpha value is -3.22. The number of fused-ring (bicyclic) bond motifs is 6. The lowest BCUT2D eigenvalue weighted by atomic mass is 9.85. The maximum atomic E-state index is 12.8. The van der Waals surface area contributed by atoms with Gasteiger partial charge in [-0.25, -0.2) is 0 Å². The first kappa shape index (κ1) is 18.8. The summed E-state index contributed by atoms with van der Waals surface area (Å²) < 4.78 is 0. The van der Waals surface area contributed by atoms with Gasteiger partial charge in [-0.2, -0.15) is 0 Å². The summed E-state index contributed by atoms with van der Waals surface area (Å²) in [6, 6.07) is 10.0. The summed E-state index contributed by atoms with van der Waals surface area (Å²) in [5.74, 6) is 0.856. The predicted molar refractivity (Wildman–Crippen MR) is 114 cm³/mol. The van der Waals surface area contributed by atoms with E-state index < -0.39 is 0 Å². The average molecular weight is 403 g/mol. The largest absolute Gasteiger partial charge is 0.355 e. The lowest BCUT2D eigenvalue weighted by molar-refractivity contribution is -0.140. The van der Waals surface area contributed by atoms with Gasteiger partial charge in [-0.3, -0.25) is 24.5 Å². The fourth-order valence-electron chi connectivity index (χ4n) is 5.18. The molecule has 3 aliphatic rings. The number of amides is 2. The number of nitrogens with zero attached hydrogens (tertiary/aromatic N) is 3. The number of para-hydroxylation sites is 1. The first-order valence-corrected chi connectivity index (χ1v) is 10.5. The van der Waals surface area contributed by atoms with Crippen molar-refractivity contribution in [2.24, 2.45) is 28.7 Å². The topological polar surface area (TPSA) is 86.7 Å². The van der Waals surface area contributed by atoms with Crippen molar-refractivity contribution in [3.63, 3.8) is 0 Å². The zero-order valence-corrected chi connectivity index (χ0v) is 16.9. The van der Waals surface area contributed by atoms with Crippen LogP contribution >= 0.6 is 0 Å². The number of guanidine groups is 1. The number of likely N-dealkylation sites (tertiary alicyclic amines) is 1. The summed E-state index contributed by atoms with van der Waals surface area (Å²) in [5.41, 5.74) is 2.09. The summed E-state index contributed by atoms with van der Waals surface area (Å²) in [5, 5.41) is 7.63. The van der Waals surface area contributed by atoms with Gasteiger partial charge in [0.15, 0.2) is 5.96 Å². The smallest absolute Gasteiger partial charge is 0.233 e. The molecule has 2 aliphatic carbocycles. The molecule has 0 radical (unpaired) electrons. The summed E-state index contributed by atoms with van der Waals surface area (Å²) in [6.07, 6.45) is 7.00. The molecule has 4 atom stereocenters. The van der Waals surface area contributed by atoms with Gasteiger partial charge >= 0.3 is 0 Å². The van der Waals surface area contributed by atoms with Crippen LogP contribution in [0.4, 0.5) is 0 Å². The van der Waals surface area contributed by atoms with Crippen LogP contribution in [0.3, 0.4) is 0 Å². The minimum absolute atomic E-state index is 0.00477. The van der Waals surface area contributed by atoms with Crippen LogP contribution in [-0.2, 0) is 16.1 Å².